The van der Waals surface area contributed by atoms with Crippen LogP contribution in [0.1, 0.15) is 82.3 Å². The van der Waals surface area contributed by atoms with E-state index in [0.717, 1.165) is 66.6 Å². The number of carboxylic acids is 2. The minimum absolute atomic E-state index is 0. The monoisotopic (exact) mass is 618 g/mol. The van der Waals surface area contributed by atoms with Gasteiger partial charge in [-0.05, 0) is 51.7 Å². The summed E-state index contributed by atoms with van der Waals surface area (Å²) in [6.45, 7) is 16.0. The van der Waals surface area contributed by atoms with Gasteiger partial charge in [-0.2, -0.15) is 5.69 Å². The Morgan fingerprint density at radius 3 is 2.09 bits per heavy atom. The molecule has 5 heterocycles. The predicted molar refractivity (Wildman–Crippen MR) is 164 cm³/mol. The van der Waals surface area contributed by atoms with E-state index in [9.17, 15) is 19.8 Å². The van der Waals surface area contributed by atoms with Crippen molar-refractivity contribution < 1.29 is 36.9 Å². The minimum atomic E-state index is -0.888. The molecular formula is C34H34FeN4O4. The number of carbonyl (C=O) groups is 2. The number of nitrogens with zero attached hydrogens (tertiary/aromatic N) is 4. The topological polar surface area (TPSA) is 131 Å². The number of allylic oxidation sites excluding steroid dienone is 1. The van der Waals surface area contributed by atoms with Crippen LogP contribution in [0.15, 0.2) is 30.0 Å². The first-order valence-electron chi connectivity index (χ1n) is 14.0. The van der Waals surface area contributed by atoms with E-state index >= 15 is 0 Å². The quantitative estimate of drug-likeness (QED) is 0.361. The third-order valence-electron chi connectivity index (χ3n) is 8.42. The molecule has 2 aliphatic heterocycles. The fourth-order valence-corrected chi connectivity index (χ4v) is 5.96. The standard InChI is InChI=1S/C34H34N4O4.Fe/c1-7-21-17(3)25-13-26-19(5)23(9-11-33(39)40)31(37-26)16-32-24(10-12-34(41)42)20(6)28(38-32)15-30-22(8-2)18(4)27(36-30)14-29(21)35-25;/h7-8,13-14,16,28H,1-2,9-12,15H2,3-6H3,(H,39,40)(H,41,42);/q-4;+4/b25-13-,29-14+,32-16-;/t28-;/m1./s1. The van der Waals surface area contributed by atoms with Crippen LogP contribution in [0.25, 0.3) is 35.7 Å². The molecule has 9 heteroatoms. The molecule has 0 amide bonds. The number of hydrogen-bond acceptors (Lipinski definition) is 2. The largest absolute Gasteiger partial charge is 4.00 e. The van der Waals surface area contributed by atoms with Gasteiger partial charge in [-0.3, -0.25) is 9.59 Å². The van der Waals surface area contributed by atoms with Gasteiger partial charge in [0.25, 0.3) is 0 Å². The summed E-state index contributed by atoms with van der Waals surface area (Å²) in [6.07, 6.45) is 10.5. The van der Waals surface area contributed by atoms with Crippen molar-refractivity contribution in [1.82, 2.24) is 15.0 Å². The van der Waals surface area contributed by atoms with E-state index in [4.69, 9.17) is 20.3 Å². The maximum Gasteiger partial charge on any atom is 4.00 e. The molecule has 8 nitrogen and oxygen atoms in total. The van der Waals surface area contributed by atoms with Crippen molar-refractivity contribution in [2.75, 3.05) is 0 Å². The first kappa shape index (κ1) is 31.7. The molecule has 3 aromatic rings. The van der Waals surface area contributed by atoms with Crippen molar-refractivity contribution in [3.05, 3.63) is 102 Å². The van der Waals surface area contributed by atoms with Crippen LogP contribution >= 0.6 is 0 Å². The maximum atomic E-state index is 11.5. The summed E-state index contributed by atoms with van der Waals surface area (Å²) in [7, 11) is 0. The fourth-order valence-electron chi connectivity index (χ4n) is 5.96. The third kappa shape index (κ3) is 6.01. The van der Waals surface area contributed by atoms with E-state index in [1.54, 1.807) is 6.08 Å². The van der Waals surface area contributed by atoms with Crippen molar-refractivity contribution in [3.63, 3.8) is 0 Å². The molecular weight excluding hydrogens is 584 g/mol. The van der Waals surface area contributed by atoms with Crippen molar-refractivity contribution in [3.8, 4) is 0 Å². The second kappa shape index (κ2) is 12.6. The summed E-state index contributed by atoms with van der Waals surface area (Å²) in [5.74, 6) is -1.77. The summed E-state index contributed by atoms with van der Waals surface area (Å²) >= 11 is 0. The summed E-state index contributed by atoms with van der Waals surface area (Å²) in [6, 6.07) is -0.229. The molecule has 1 atom stereocenters. The number of aromatic nitrogens is 3. The molecule has 0 saturated carbocycles. The van der Waals surface area contributed by atoms with Crippen molar-refractivity contribution >= 4 is 42.3 Å². The van der Waals surface area contributed by atoms with Gasteiger partial charge in [-0.25, -0.2) is 0 Å². The molecule has 8 bridgehead atoms. The average Bonchev–Trinajstić information content (AvgIpc) is 3.59. The van der Waals surface area contributed by atoms with Gasteiger partial charge in [0.05, 0.1) is 0 Å². The van der Waals surface area contributed by atoms with Gasteiger partial charge in [0.15, 0.2) is 0 Å². The predicted octanol–water partition coefficient (Wildman–Crippen LogP) is 4.28. The Hall–Kier alpha value is -4.20. The Morgan fingerprint density at radius 1 is 0.814 bits per heavy atom. The Kier molecular flexibility index (Phi) is 9.28. The summed E-state index contributed by atoms with van der Waals surface area (Å²) in [5.41, 5.74) is 11.2. The Bertz CT molecular complexity index is 1830. The van der Waals surface area contributed by atoms with Gasteiger partial charge < -0.3 is 30.5 Å². The Morgan fingerprint density at radius 2 is 1.44 bits per heavy atom. The molecule has 222 valence electrons. The van der Waals surface area contributed by atoms with Crippen LogP contribution in [0.2, 0.25) is 0 Å². The van der Waals surface area contributed by atoms with Gasteiger partial charge in [0.2, 0.25) is 0 Å². The third-order valence-corrected chi connectivity index (χ3v) is 8.42. The number of fused-ring (bicyclic) bond motifs is 8. The van der Waals surface area contributed by atoms with Gasteiger partial charge in [0, 0.05) is 12.8 Å². The SMILES string of the molecule is C=Cc1c2[n-]c(c1C)/C=c1/[n-]/c(c(C)c1C=C)=C\c1[n-]c(c(CCC(=O)O)c1C)/C=C1\[N-][C@H](C2)C(C)=C1CCC(=O)O.[Fe+4]. The molecule has 0 aromatic carbocycles. The molecule has 2 aliphatic rings. The summed E-state index contributed by atoms with van der Waals surface area (Å²) < 4.78 is 0. The Balaban J connectivity index is 0.00000423. The van der Waals surface area contributed by atoms with Crippen LogP contribution in [0, 0.1) is 20.8 Å². The molecule has 0 spiro atoms. The number of rotatable bonds is 8. The second-order valence-corrected chi connectivity index (χ2v) is 10.9. The van der Waals surface area contributed by atoms with Crippen LogP contribution in [0.5, 0.6) is 0 Å². The maximum absolute atomic E-state index is 11.5. The summed E-state index contributed by atoms with van der Waals surface area (Å²) in [4.78, 5) is 37.9. The van der Waals surface area contributed by atoms with E-state index in [2.05, 4.69) is 13.2 Å². The van der Waals surface area contributed by atoms with E-state index in [0.29, 0.717) is 36.3 Å². The van der Waals surface area contributed by atoms with Crippen molar-refractivity contribution in [2.45, 2.75) is 65.8 Å². The normalized spacial score (nSPS) is 18.3. The van der Waals surface area contributed by atoms with E-state index in [1.807, 2.05) is 52.0 Å². The average molecular weight is 619 g/mol. The molecule has 0 saturated heterocycles. The molecule has 0 radical (unpaired) electrons. The molecule has 3 aromatic heterocycles. The molecule has 0 unspecified atom stereocenters. The van der Waals surface area contributed by atoms with Crippen LogP contribution < -0.4 is 25.7 Å². The summed E-state index contributed by atoms with van der Waals surface area (Å²) in [5, 5.41) is 25.5. The zero-order chi connectivity index (χ0) is 30.3. The Labute approximate surface area is 261 Å². The smallest absolute Gasteiger partial charge is 0.678 e. The van der Waals surface area contributed by atoms with E-state index in [1.165, 1.54) is 0 Å². The molecule has 0 fully saturated rings. The van der Waals surface area contributed by atoms with Crippen LogP contribution in [-0.2, 0) is 39.5 Å². The first-order chi connectivity index (χ1) is 20.0. The van der Waals surface area contributed by atoms with Crippen molar-refractivity contribution in [1.29, 1.82) is 0 Å². The molecule has 5 rings (SSSR count). The number of hydrogen-bond donors (Lipinski definition) is 2. The van der Waals surface area contributed by atoms with Gasteiger partial charge in [-0.1, -0.05) is 89.4 Å². The van der Waals surface area contributed by atoms with Gasteiger partial charge in [-0.15, -0.1) is 33.5 Å². The number of aliphatic carboxylic acids is 2. The van der Waals surface area contributed by atoms with Gasteiger partial charge in [0.1, 0.15) is 0 Å². The van der Waals surface area contributed by atoms with Crippen LogP contribution in [-0.4, -0.2) is 28.2 Å². The zero-order valence-electron chi connectivity index (χ0n) is 24.8. The van der Waals surface area contributed by atoms with Crippen LogP contribution in [0.4, 0.5) is 0 Å². The first-order valence-corrected chi connectivity index (χ1v) is 14.0. The second-order valence-electron chi connectivity index (χ2n) is 10.9. The van der Waals surface area contributed by atoms with E-state index in [-0.39, 0.29) is 36.0 Å². The van der Waals surface area contributed by atoms with Crippen molar-refractivity contribution in [2.24, 2.45) is 0 Å². The van der Waals surface area contributed by atoms with E-state index < -0.39 is 11.9 Å². The molecule has 43 heavy (non-hydrogen) atoms. The fraction of sp³-hybridized carbons (Fsp3) is 0.294. The molecule has 2 N–H and O–H groups in total. The van der Waals surface area contributed by atoms with Crippen LogP contribution in [0.3, 0.4) is 0 Å². The number of carboxylic acid groups (broad SMARTS) is 2. The minimum Gasteiger partial charge on any atom is -0.678 e. The van der Waals surface area contributed by atoms with Gasteiger partial charge >= 0.3 is 29.0 Å². The molecule has 0 aliphatic carbocycles. The zero-order valence-corrected chi connectivity index (χ0v) is 25.9.